The van der Waals surface area contributed by atoms with Gasteiger partial charge < -0.3 is 9.80 Å². The van der Waals surface area contributed by atoms with Crippen molar-refractivity contribution in [3.05, 3.63) is 12.2 Å². The summed E-state index contributed by atoms with van der Waals surface area (Å²) < 4.78 is 0. The fourth-order valence-electron chi connectivity index (χ4n) is 5.09. The van der Waals surface area contributed by atoms with E-state index in [1.54, 1.807) is 0 Å². The molecular formula is C18H31N3. The standard InChI is InChI=1S/C18H31N3/c1-19-8-10-21(11-9-19)18-4-6-20(7-5-18)14-17-13-15-2-3-16(17)12-15/h2-3,15-18H,4-14H2,1H3. The number of piperidine rings is 1. The summed E-state index contributed by atoms with van der Waals surface area (Å²) in [7, 11) is 2.25. The van der Waals surface area contributed by atoms with Crippen molar-refractivity contribution >= 4 is 0 Å². The van der Waals surface area contributed by atoms with Gasteiger partial charge in [-0.05, 0) is 63.6 Å². The molecule has 0 spiro atoms. The fourth-order valence-corrected chi connectivity index (χ4v) is 5.09. The van der Waals surface area contributed by atoms with Crippen LogP contribution in [0.15, 0.2) is 12.2 Å². The maximum Gasteiger partial charge on any atom is 0.0121 e. The molecular weight excluding hydrogens is 258 g/mol. The average molecular weight is 289 g/mol. The third-order valence-corrected chi connectivity index (χ3v) is 6.52. The van der Waals surface area contributed by atoms with Gasteiger partial charge in [0, 0.05) is 38.8 Å². The van der Waals surface area contributed by atoms with Crippen molar-refractivity contribution in [1.29, 1.82) is 0 Å². The molecule has 2 heterocycles. The molecule has 3 unspecified atom stereocenters. The minimum absolute atomic E-state index is 0.870. The lowest BCUT2D eigenvalue weighted by Crippen LogP contribution is -2.52. The third kappa shape index (κ3) is 3.06. The summed E-state index contributed by atoms with van der Waals surface area (Å²) in [6.45, 7) is 9.16. The summed E-state index contributed by atoms with van der Waals surface area (Å²) in [5, 5.41) is 0. The van der Waals surface area contributed by atoms with E-state index in [-0.39, 0.29) is 0 Å². The summed E-state index contributed by atoms with van der Waals surface area (Å²) in [5.41, 5.74) is 0. The molecule has 21 heavy (non-hydrogen) atoms. The van der Waals surface area contributed by atoms with Gasteiger partial charge in [-0.15, -0.1) is 0 Å². The highest BCUT2D eigenvalue weighted by molar-refractivity contribution is 5.10. The number of fused-ring (bicyclic) bond motifs is 2. The van der Waals surface area contributed by atoms with Crippen LogP contribution >= 0.6 is 0 Å². The smallest absolute Gasteiger partial charge is 0.0121 e. The number of likely N-dealkylation sites (N-methyl/N-ethyl adjacent to an activating group) is 1. The second-order valence-corrected chi connectivity index (χ2v) is 7.91. The molecule has 4 rings (SSSR count). The van der Waals surface area contributed by atoms with Crippen LogP contribution in [0.25, 0.3) is 0 Å². The highest BCUT2D eigenvalue weighted by atomic mass is 15.3. The van der Waals surface area contributed by atoms with Crippen molar-refractivity contribution in [3.63, 3.8) is 0 Å². The predicted octanol–water partition coefficient (Wildman–Crippen LogP) is 1.91. The number of hydrogen-bond donors (Lipinski definition) is 0. The average Bonchev–Trinajstić information content (AvgIpc) is 3.12. The predicted molar refractivity (Wildman–Crippen MR) is 87.4 cm³/mol. The second kappa shape index (κ2) is 6.02. The lowest BCUT2D eigenvalue weighted by Gasteiger charge is -2.42. The van der Waals surface area contributed by atoms with Crippen LogP contribution < -0.4 is 0 Å². The number of nitrogens with zero attached hydrogens (tertiary/aromatic N) is 3. The second-order valence-electron chi connectivity index (χ2n) is 7.91. The Labute approximate surface area is 130 Å². The molecule has 4 aliphatic rings. The number of allylic oxidation sites excluding steroid dienone is 2. The summed E-state index contributed by atoms with van der Waals surface area (Å²) in [6, 6.07) is 0.870. The van der Waals surface area contributed by atoms with E-state index in [0.29, 0.717) is 0 Å². The zero-order chi connectivity index (χ0) is 14.2. The highest BCUT2D eigenvalue weighted by Gasteiger charge is 2.37. The molecule has 118 valence electrons. The van der Waals surface area contributed by atoms with E-state index in [1.165, 1.54) is 71.5 Å². The Balaban J connectivity index is 1.23. The van der Waals surface area contributed by atoms with Gasteiger partial charge in [0.05, 0.1) is 0 Å². The van der Waals surface area contributed by atoms with Crippen molar-refractivity contribution in [3.8, 4) is 0 Å². The first-order valence-electron chi connectivity index (χ1n) is 9.11. The van der Waals surface area contributed by atoms with Crippen molar-refractivity contribution in [2.75, 3.05) is 52.9 Å². The van der Waals surface area contributed by atoms with Gasteiger partial charge in [-0.2, -0.15) is 0 Å². The normalized spacial score (nSPS) is 39.4. The molecule has 3 heteroatoms. The Morgan fingerprint density at radius 1 is 0.905 bits per heavy atom. The molecule has 0 aromatic heterocycles. The molecule has 0 radical (unpaired) electrons. The first-order valence-corrected chi connectivity index (χ1v) is 9.11. The van der Waals surface area contributed by atoms with Crippen molar-refractivity contribution in [2.45, 2.75) is 31.7 Å². The molecule has 0 amide bonds. The van der Waals surface area contributed by atoms with Crippen LogP contribution in [0.5, 0.6) is 0 Å². The molecule has 3 atom stereocenters. The molecule has 0 N–H and O–H groups in total. The largest absolute Gasteiger partial charge is 0.304 e. The maximum atomic E-state index is 2.77. The van der Waals surface area contributed by atoms with Crippen molar-refractivity contribution in [1.82, 2.24) is 14.7 Å². The zero-order valence-electron chi connectivity index (χ0n) is 13.6. The molecule has 2 aliphatic carbocycles. The Bertz CT molecular complexity index is 378. The van der Waals surface area contributed by atoms with Gasteiger partial charge in [0.15, 0.2) is 0 Å². The molecule has 3 nitrogen and oxygen atoms in total. The molecule has 3 fully saturated rings. The minimum Gasteiger partial charge on any atom is -0.304 e. The topological polar surface area (TPSA) is 9.72 Å². The van der Waals surface area contributed by atoms with E-state index >= 15 is 0 Å². The van der Waals surface area contributed by atoms with E-state index in [4.69, 9.17) is 0 Å². The molecule has 0 aromatic carbocycles. The Kier molecular flexibility index (Phi) is 4.08. The Morgan fingerprint density at radius 3 is 2.29 bits per heavy atom. The maximum absolute atomic E-state index is 2.77. The van der Waals surface area contributed by atoms with Gasteiger partial charge in [-0.3, -0.25) is 4.90 Å². The van der Waals surface area contributed by atoms with Crippen molar-refractivity contribution < 1.29 is 0 Å². The first-order chi connectivity index (χ1) is 10.3. The lowest BCUT2D eigenvalue weighted by atomic mass is 9.92. The number of likely N-dealkylation sites (tertiary alicyclic amines) is 1. The number of rotatable bonds is 3. The third-order valence-electron chi connectivity index (χ3n) is 6.52. The Hall–Kier alpha value is -0.380. The first kappa shape index (κ1) is 14.2. The summed E-state index contributed by atoms with van der Waals surface area (Å²) in [4.78, 5) is 8.00. The van der Waals surface area contributed by atoms with Crippen LogP contribution in [0, 0.1) is 17.8 Å². The van der Waals surface area contributed by atoms with Gasteiger partial charge in [0.25, 0.3) is 0 Å². The van der Waals surface area contributed by atoms with Crippen LogP contribution in [0.3, 0.4) is 0 Å². The molecule has 2 saturated heterocycles. The van der Waals surface area contributed by atoms with E-state index in [0.717, 1.165) is 23.8 Å². The van der Waals surface area contributed by atoms with E-state index in [9.17, 15) is 0 Å². The monoisotopic (exact) mass is 289 g/mol. The fraction of sp³-hybridized carbons (Fsp3) is 0.889. The Morgan fingerprint density at radius 2 is 1.67 bits per heavy atom. The summed E-state index contributed by atoms with van der Waals surface area (Å²) in [6.07, 6.45) is 10.7. The van der Waals surface area contributed by atoms with Gasteiger partial charge >= 0.3 is 0 Å². The van der Waals surface area contributed by atoms with Gasteiger partial charge in [0.1, 0.15) is 0 Å². The van der Waals surface area contributed by atoms with E-state index in [2.05, 4.69) is 33.9 Å². The minimum atomic E-state index is 0.870. The SMILES string of the molecule is CN1CCN(C2CCN(CC3CC4C=CC3C4)CC2)CC1. The highest BCUT2D eigenvalue weighted by Crippen LogP contribution is 2.43. The zero-order valence-corrected chi connectivity index (χ0v) is 13.6. The van der Waals surface area contributed by atoms with Crippen LogP contribution in [0.1, 0.15) is 25.7 Å². The molecule has 1 saturated carbocycles. The van der Waals surface area contributed by atoms with Gasteiger partial charge in [-0.1, -0.05) is 12.2 Å². The van der Waals surface area contributed by atoms with Gasteiger partial charge in [-0.25, -0.2) is 0 Å². The van der Waals surface area contributed by atoms with Crippen LogP contribution in [0.2, 0.25) is 0 Å². The molecule has 0 aromatic rings. The summed E-state index contributed by atoms with van der Waals surface area (Å²) in [5.74, 6) is 2.83. The summed E-state index contributed by atoms with van der Waals surface area (Å²) >= 11 is 0. The number of piperazine rings is 1. The van der Waals surface area contributed by atoms with Crippen LogP contribution in [-0.2, 0) is 0 Å². The van der Waals surface area contributed by atoms with Gasteiger partial charge in [0.2, 0.25) is 0 Å². The van der Waals surface area contributed by atoms with E-state index < -0.39 is 0 Å². The quantitative estimate of drug-likeness (QED) is 0.735. The lowest BCUT2D eigenvalue weighted by molar-refractivity contribution is 0.0619. The van der Waals surface area contributed by atoms with Crippen molar-refractivity contribution in [2.24, 2.45) is 17.8 Å². The molecule has 2 aliphatic heterocycles. The molecule has 2 bridgehead atoms. The van der Waals surface area contributed by atoms with Crippen LogP contribution in [0.4, 0.5) is 0 Å². The van der Waals surface area contributed by atoms with Crippen LogP contribution in [-0.4, -0.2) is 73.6 Å². The van der Waals surface area contributed by atoms with E-state index in [1.807, 2.05) is 0 Å². The number of hydrogen-bond acceptors (Lipinski definition) is 3.